The molecule has 3 N–H and O–H groups in total. The van der Waals surface area contributed by atoms with Gasteiger partial charge in [0.25, 0.3) is 0 Å². The highest BCUT2D eigenvalue weighted by Crippen LogP contribution is 2.15. The second-order valence-corrected chi connectivity index (χ2v) is 3.67. The van der Waals surface area contributed by atoms with Crippen LogP contribution in [0.3, 0.4) is 0 Å². The molecule has 1 rings (SSSR count). The SMILES string of the molecule is COCCNC(=O)NCC(O)c1ccccc1F. The van der Waals surface area contributed by atoms with Crippen LogP contribution in [0.5, 0.6) is 0 Å². The first-order valence-electron chi connectivity index (χ1n) is 5.58. The van der Waals surface area contributed by atoms with Gasteiger partial charge in [0.2, 0.25) is 0 Å². The Labute approximate surface area is 105 Å². The van der Waals surface area contributed by atoms with Crippen molar-refractivity contribution < 1.29 is 19.0 Å². The van der Waals surface area contributed by atoms with Crippen molar-refractivity contribution in [3.05, 3.63) is 35.6 Å². The highest BCUT2D eigenvalue weighted by Gasteiger charge is 2.12. The van der Waals surface area contributed by atoms with Gasteiger partial charge in [0.05, 0.1) is 12.7 Å². The molecule has 2 amide bonds. The molecule has 0 saturated carbocycles. The number of hydrogen-bond acceptors (Lipinski definition) is 3. The van der Waals surface area contributed by atoms with Crippen LogP contribution in [0.15, 0.2) is 24.3 Å². The Morgan fingerprint density at radius 1 is 1.44 bits per heavy atom. The summed E-state index contributed by atoms with van der Waals surface area (Å²) in [6.45, 7) is 0.723. The third-order valence-corrected chi connectivity index (χ3v) is 2.31. The van der Waals surface area contributed by atoms with Crippen molar-refractivity contribution in [3.8, 4) is 0 Å². The minimum atomic E-state index is -1.07. The lowest BCUT2D eigenvalue weighted by molar-refractivity contribution is 0.167. The third-order valence-electron chi connectivity index (χ3n) is 2.31. The number of amides is 2. The molecule has 0 aliphatic carbocycles. The van der Waals surface area contributed by atoms with Crippen molar-refractivity contribution in [2.24, 2.45) is 0 Å². The third kappa shape index (κ3) is 4.68. The quantitative estimate of drug-likeness (QED) is 0.659. The zero-order valence-electron chi connectivity index (χ0n) is 10.1. The molecule has 0 saturated heterocycles. The molecule has 6 heteroatoms. The summed E-state index contributed by atoms with van der Waals surface area (Å²) in [5, 5.41) is 14.7. The molecule has 1 unspecified atom stereocenters. The standard InChI is InChI=1S/C12H17FN2O3/c1-18-7-6-14-12(17)15-8-11(16)9-4-2-3-5-10(9)13/h2-5,11,16H,6-8H2,1H3,(H2,14,15,17). The number of carbonyl (C=O) groups is 1. The van der Waals surface area contributed by atoms with Crippen LogP contribution in [0, 0.1) is 5.82 Å². The molecular weight excluding hydrogens is 239 g/mol. The number of hydrogen-bond donors (Lipinski definition) is 3. The van der Waals surface area contributed by atoms with E-state index in [-0.39, 0.29) is 12.1 Å². The van der Waals surface area contributed by atoms with Crippen LogP contribution in [0.25, 0.3) is 0 Å². The highest BCUT2D eigenvalue weighted by atomic mass is 19.1. The Balaban J connectivity index is 2.35. The van der Waals surface area contributed by atoms with Crippen LogP contribution in [0.2, 0.25) is 0 Å². The zero-order valence-corrected chi connectivity index (χ0v) is 10.1. The fraction of sp³-hybridized carbons (Fsp3) is 0.417. The fourth-order valence-corrected chi connectivity index (χ4v) is 1.37. The van der Waals surface area contributed by atoms with Gasteiger partial charge in [-0.1, -0.05) is 18.2 Å². The van der Waals surface area contributed by atoms with Crippen LogP contribution >= 0.6 is 0 Å². The van der Waals surface area contributed by atoms with Gasteiger partial charge in [-0.3, -0.25) is 0 Å². The van der Waals surface area contributed by atoms with Gasteiger partial charge < -0.3 is 20.5 Å². The smallest absolute Gasteiger partial charge is 0.314 e. The maximum absolute atomic E-state index is 13.3. The van der Waals surface area contributed by atoms with Gasteiger partial charge in [0.15, 0.2) is 0 Å². The Morgan fingerprint density at radius 2 is 2.17 bits per heavy atom. The van der Waals surface area contributed by atoms with Crippen molar-refractivity contribution in [1.29, 1.82) is 0 Å². The molecule has 18 heavy (non-hydrogen) atoms. The first-order valence-corrected chi connectivity index (χ1v) is 5.58. The number of aliphatic hydroxyl groups is 1. The van der Waals surface area contributed by atoms with Gasteiger partial charge in [-0.15, -0.1) is 0 Å². The van der Waals surface area contributed by atoms with E-state index in [0.29, 0.717) is 13.2 Å². The van der Waals surface area contributed by atoms with E-state index in [1.807, 2.05) is 0 Å². The Kier molecular flexibility index (Phi) is 6.10. The number of benzene rings is 1. The number of nitrogens with one attached hydrogen (secondary N) is 2. The second kappa shape index (κ2) is 7.62. The van der Waals surface area contributed by atoms with Gasteiger partial charge in [0.1, 0.15) is 5.82 Å². The van der Waals surface area contributed by atoms with Crippen LogP contribution < -0.4 is 10.6 Å². The van der Waals surface area contributed by atoms with E-state index in [2.05, 4.69) is 10.6 Å². The Morgan fingerprint density at radius 3 is 2.83 bits per heavy atom. The lowest BCUT2D eigenvalue weighted by Gasteiger charge is -2.13. The molecule has 0 fully saturated rings. The van der Waals surface area contributed by atoms with Crippen LogP contribution in [0.1, 0.15) is 11.7 Å². The molecule has 0 heterocycles. The molecule has 5 nitrogen and oxygen atoms in total. The number of halogens is 1. The van der Waals surface area contributed by atoms with E-state index >= 15 is 0 Å². The summed E-state index contributed by atoms with van der Waals surface area (Å²) in [4.78, 5) is 11.3. The highest BCUT2D eigenvalue weighted by molar-refractivity contribution is 5.73. The van der Waals surface area contributed by atoms with Gasteiger partial charge in [-0.25, -0.2) is 9.18 Å². The number of ether oxygens (including phenoxy) is 1. The minimum Gasteiger partial charge on any atom is -0.386 e. The molecule has 1 atom stereocenters. The summed E-state index contributed by atoms with van der Waals surface area (Å²) in [6, 6.07) is 5.47. The largest absolute Gasteiger partial charge is 0.386 e. The lowest BCUT2D eigenvalue weighted by Crippen LogP contribution is -2.39. The predicted octanol–water partition coefficient (Wildman–Crippen LogP) is 0.805. The average Bonchev–Trinajstić information content (AvgIpc) is 2.37. The van der Waals surface area contributed by atoms with E-state index in [0.717, 1.165) is 0 Å². The van der Waals surface area contributed by atoms with Crippen molar-refractivity contribution in [3.63, 3.8) is 0 Å². The van der Waals surface area contributed by atoms with E-state index < -0.39 is 18.0 Å². The van der Waals surface area contributed by atoms with Gasteiger partial charge in [0, 0.05) is 25.8 Å². The molecule has 1 aromatic rings. The fourth-order valence-electron chi connectivity index (χ4n) is 1.37. The van der Waals surface area contributed by atoms with E-state index in [1.165, 1.54) is 25.3 Å². The van der Waals surface area contributed by atoms with E-state index in [9.17, 15) is 14.3 Å². The summed E-state index contributed by atoms with van der Waals surface area (Å²) < 4.78 is 18.1. The first-order chi connectivity index (χ1) is 8.65. The summed E-state index contributed by atoms with van der Waals surface area (Å²) in [5.74, 6) is -0.494. The monoisotopic (exact) mass is 256 g/mol. The maximum atomic E-state index is 13.3. The van der Waals surface area contributed by atoms with Crippen LogP contribution in [0.4, 0.5) is 9.18 Å². The topological polar surface area (TPSA) is 70.6 Å². The molecule has 0 aliphatic rings. The zero-order chi connectivity index (χ0) is 13.4. The van der Waals surface area contributed by atoms with Crippen molar-refractivity contribution >= 4 is 6.03 Å². The normalized spacial score (nSPS) is 11.9. The van der Waals surface area contributed by atoms with Crippen LogP contribution in [-0.2, 0) is 4.74 Å². The minimum absolute atomic E-state index is 0.0558. The van der Waals surface area contributed by atoms with Gasteiger partial charge in [-0.2, -0.15) is 0 Å². The molecule has 0 aliphatic heterocycles. The predicted molar refractivity (Wildman–Crippen MR) is 64.6 cm³/mol. The summed E-state index contributed by atoms with van der Waals surface area (Å²) in [7, 11) is 1.53. The average molecular weight is 256 g/mol. The van der Waals surface area contributed by atoms with Gasteiger partial charge in [-0.05, 0) is 6.07 Å². The number of aliphatic hydroxyl groups excluding tert-OH is 1. The number of methoxy groups -OCH3 is 1. The van der Waals surface area contributed by atoms with Crippen molar-refractivity contribution in [2.45, 2.75) is 6.10 Å². The number of rotatable bonds is 6. The molecule has 1 aromatic carbocycles. The number of urea groups is 1. The maximum Gasteiger partial charge on any atom is 0.314 e. The second-order valence-electron chi connectivity index (χ2n) is 3.67. The summed E-state index contributed by atoms with van der Waals surface area (Å²) in [6.07, 6.45) is -1.07. The molecular formula is C12H17FN2O3. The van der Waals surface area contributed by atoms with E-state index in [1.54, 1.807) is 6.07 Å². The number of carbonyl (C=O) groups excluding carboxylic acids is 1. The lowest BCUT2D eigenvalue weighted by atomic mass is 10.1. The molecule has 0 bridgehead atoms. The Bertz CT molecular complexity index is 387. The first kappa shape index (κ1) is 14.4. The molecule has 0 radical (unpaired) electrons. The van der Waals surface area contributed by atoms with Crippen molar-refractivity contribution in [2.75, 3.05) is 26.8 Å². The Hall–Kier alpha value is -1.66. The summed E-state index contributed by atoms with van der Waals surface area (Å²) in [5.41, 5.74) is 0.162. The molecule has 100 valence electrons. The van der Waals surface area contributed by atoms with Crippen LogP contribution in [-0.4, -0.2) is 37.9 Å². The van der Waals surface area contributed by atoms with E-state index in [4.69, 9.17) is 4.74 Å². The molecule has 0 aromatic heterocycles. The molecule has 0 spiro atoms. The van der Waals surface area contributed by atoms with Gasteiger partial charge >= 0.3 is 6.03 Å². The van der Waals surface area contributed by atoms with Crippen molar-refractivity contribution in [1.82, 2.24) is 10.6 Å². The summed E-state index contributed by atoms with van der Waals surface area (Å²) >= 11 is 0.